The maximum Gasteiger partial charge on any atom is 0.243 e. The maximum absolute atomic E-state index is 14.8. The first-order chi connectivity index (χ1) is 31.1. The second-order valence-corrected chi connectivity index (χ2v) is 19.4. The van der Waals surface area contributed by atoms with Crippen molar-refractivity contribution in [3.05, 3.63) is 129 Å². The van der Waals surface area contributed by atoms with Gasteiger partial charge in [0.2, 0.25) is 5.91 Å². The number of nitrogens with two attached hydrogens (primary N) is 1. The highest BCUT2D eigenvalue weighted by Gasteiger charge is 2.64. The van der Waals surface area contributed by atoms with E-state index in [1.54, 1.807) is 6.08 Å². The van der Waals surface area contributed by atoms with Crippen molar-refractivity contribution in [3.8, 4) is 11.8 Å². The van der Waals surface area contributed by atoms with E-state index in [2.05, 4.69) is 35.1 Å². The van der Waals surface area contributed by atoms with E-state index in [4.69, 9.17) is 10.5 Å². The number of amides is 1. The van der Waals surface area contributed by atoms with Gasteiger partial charge in [0.25, 0.3) is 0 Å². The maximum atomic E-state index is 14.8. The summed E-state index contributed by atoms with van der Waals surface area (Å²) in [5.41, 5.74) is 11.9. The number of ketones is 1. The van der Waals surface area contributed by atoms with Crippen LogP contribution in [0, 0.1) is 29.1 Å². The third kappa shape index (κ3) is 10.7. The van der Waals surface area contributed by atoms with E-state index in [-0.39, 0.29) is 37.9 Å². The van der Waals surface area contributed by atoms with Crippen molar-refractivity contribution in [2.45, 2.75) is 140 Å². The minimum Gasteiger partial charge on any atom is -0.393 e. The first-order valence-electron chi connectivity index (χ1n) is 23.5. The molecule has 9 N–H and O–H groups in total. The predicted octanol–water partition coefficient (Wildman–Crippen LogP) is 5.60. The summed E-state index contributed by atoms with van der Waals surface area (Å²) in [6.07, 6.45) is 8.42. The average molecular weight is 888 g/mol. The minimum atomic E-state index is -1.33. The van der Waals surface area contributed by atoms with E-state index in [0.717, 1.165) is 27.8 Å². The largest absolute Gasteiger partial charge is 0.393 e. The molecule has 11 nitrogen and oxygen atoms in total. The van der Waals surface area contributed by atoms with Crippen LogP contribution in [0.5, 0.6) is 0 Å². The van der Waals surface area contributed by atoms with Crippen LogP contribution in [0.25, 0.3) is 0 Å². The van der Waals surface area contributed by atoms with Gasteiger partial charge >= 0.3 is 0 Å². The van der Waals surface area contributed by atoms with Crippen LogP contribution in [-0.4, -0.2) is 87.0 Å². The number of allylic oxidation sites excluding steroid dienone is 5. The number of carbonyl (C=O) groups is 2. The Morgan fingerprint density at radius 3 is 2.54 bits per heavy atom. The number of hydrogen-bond donors (Lipinski definition) is 8. The van der Waals surface area contributed by atoms with E-state index in [0.29, 0.717) is 98.5 Å². The molecule has 0 aromatic heterocycles. The predicted molar refractivity (Wildman–Crippen MR) is 252 cm³/mol. The normalized spacial score (nSPS) is 33.6. The van der Waals surface area contributed by atoms with E-state index >= 15 is 0 Å². The summed E-state index contributed by atoms with van der Waals surface area (Å²) in [4.78, 5) is 28.4. The van der Waals surface area contributed by atoms with E-state index in [1.807, 2.05) is 75.4 Å². The standard InChI is InChI=1S/C54H69N3O8/c1-33-10-5-6-27-65-32-39(15-7-11-34(2)46(60)22-17-33)43-24-26-54(50(43)62)45-21-20-40(58)29-37-13-8-12-36(28-37)18-19-41(59)31-56-49-48-38(14-9-16-44(48)51(55)57-52(49)63)30-47(61)35(3)42(45)23-25-53(54,4)64/h7-9,11-17,28,40-41,43,45-46,49-51,56,58-60,62,64H,2,10,18-27,29-32,55H2,1,3-4H3,(H,57,63). The third-order valence-electron chi connectivity index (χ3n) is 15.1. The SMILES string of the molecule is C=C1C=CC=C(C2CCC3(C4CCC(O)Cc5cccc(c5)CCC(O)CNC5C(=O)NC(N)c6cccc(c65)CC(=O)C(C)=C4CCC3(C)O)C2O)COCC#CCC(C)=CCC1O. The van der Waals surface area contributed by atoms with Crippen molar-refractivity contribution in [3.63, 3.8) is 0 Å². The van der Waals surface area contributed by atoms with Gasteiger partial charge in [0.05, 0.1) is 36.6 Å². The first kappa shape index (κ1) is 48.5. The van der Waals surface area contributed by atoms with Crippen LogP contribution in [0.4, 0.5) is 0 Å². The van der Waals surface area contributed by atoms with Crippen molar-refractivity contribution in [1.29, 1.82) is 0 Å². The minimum absolute atomic E-state index is 0.00707. The lowest BCUT2D eigenvalue weighted by molar-refractivity contribution is -0.168. The van der Waals surface area contributed by atoms with Gasteiger partial charge in [0.1, 0.15) is 18.8 Å². The number of β-amino-alcohol motifs (C(OH)–C–C–N with tert-alkyl or cyclic N) is 1. The van der Waals surface area contributed by atoms with E-state index in [9.17, 15) is 35.1 Å². The summed E-state index contributed by atoms with van der Waals surface area (Å²) in [6.45, 7) is 10.3. The van der Waals surface area contributed by atoms with Crippen molar-refractivity contribution in [2.24, 2.45) is 23.0 Å². The highest BCUT2D eigenvalue weighted by atomic mass is 16.5. The fraction of sp³-hybridized carbons (Fsp3) is 0.519. The molecular formula is C54H69N3O8. The number of Topliss-reactive ketones (excluding diaryl/α,β-unsaturated/α-hetero) is 1. The molecule has 2 aliphatic carbocycles. The summed E-state index contributed by atoms with van der Waals surface area (Å²) >= 11 is 0. The Bertz CT molecular complexity index is 2300. The van der Waals surface area contributed by atoms with Crippen LogP contribution < -0.4 is 16.4 Å². The lowest BCUT2D eigenvalue weighted by Crippen LogP contribution is -2.59. The third-order valence-corrected chi connectivity index (χ3v) is 15.1. The van der Waals surface area contributed by atoms with Crippen molar-refractivity contribution < 1.29 is 39.9 Å². The number of hydrogen-bond acceptors (Lipinski definition) is 10. The molecule has 3 heterocycles. The molecule has 10 unspecified atom stereocenters. The van der Waals surface area contributed by atoms with Gasteiger partial charge in [0, 0.05) is 30.7 Å². The second kappa shape index (κ2) is 21.0. The lowest BCUT2D eigenvalue weighted by Gasteiger charge is -2.56. The van der Waals surface area contributed by atoms with Gasteiger partial charge in [-0.2, -0.15) is 0 Å². The summed E-state index contributed by atoms with van der Waals surface area (Å²) in [5.74, 6) is 4.91. The smallest absolute Gasteiger partial charge is 0.243 e. The zero-order chi connectivity index (χ0) is 46.5. The highest BCUT2D eigenvalue weighted by molar-refractivity contribution is 5.98. The quantitative estimate of drug-likeness (QED) is 0.132. The number of fused-ring (bicyclic) bond motifs is 4. The molecule has 0 radical (unpaired) electrons. The molecule has 348 valence electrons. The Morgan fingerprint density at radius 1 is 0.938 bits per heavy atom. The fourth-order valence-corrected chi connectivity index (χ4v) is 11.3. The Labute approximate surface area is 384 Å². The zero-order valence-electron chi connectivity index (χ0n) is 38.3. The monoisotopic (exact) mass is 888 g/mol. The summed E-state index contributed by atoms with van der Waals surface area (Å²) in [7, 11) is 0. The van der Waals surface area contributed by atoms with Crippen molar-refractivity contribution in [2.75, 3.05) is 19.8 Å². The molecule has 2 saturated carbocycles. The number of aliphatic hydroxyl groups excluding tert-OH is 4. The second-order valence-electron chi connectivity index (χ2n) is 19.4. The Kier molecular flexibility index (Phi) is 15.7. The molecule has 2 fully saturated rings. The van der Waals surface area contributed by atoms with Gasteiger partial charge in [-0.25, -0.2) is 0 Å². The van der Waals surface area contributed by atoms with Gasteiger partial charge in [-0.05, 0) is 135 Å². The van der Waals surface area contributed by atoms with Crippen LogP contribution in [0.2, 0.25) is 0 Å². The molecule has 7 rings (SSSR count). The van der Waals surface area contributed by atoms with Crippen LogP contribution in [0.1, 0.15) is 119 Å². The molecular weight excluding hydrogens is 819 g/mol. The van der Waals surface area contributed by atoms with Gasteiger partial charge in [-0.1, -0.05) is 96.3 Å². The number of aliphatic hydroxyl groups is 5. The summed E-state index contributed by atoms with van der Waals surface area (Å²) < 4.78 is 6.13. The van der Waals surface area contributed by atoms with Gasteiger partial charge < -0.3 is 41.3 Å². The molecule has 10 atom stereocenters. The molecule has 0 saturated heterocycles. The summed E-state index contributed by atoms with van der Waals surface area (Å²) in [6, 6.07) is 12.7. The van der Waals surface area contributed by atoms with Gasteiger partial charge in [0.15, 0.2) is 5.78 Å². The van der Waals surface area contributed by atoms with Crippen LogP contribution in [-0.2, 0) is 33.6 Å². The summed E-state index contributed by atoms with van der Waals surface area (Å²) in [5, 5.41) is 65.4. The topological polar surface area (TPSA) is 195 Å². The van der Waals surface area contributed by atoms with E-state index in [1.165, 1.54) is 0 Å². The molecule has 65 heavy (non-hydrogen) atoms. The number of nitrogens with one attached hydrogen (secondary N) is 2. The highest BCUT2D eigenvalue weighted by Crippen LogP contribution is 2.63. The molecule has 2 bridgehead atoms. The molecule has 1 amide bonds. The van der Waals surface area contributed by atoms with E-state index < -0.39 is 59.5 Å². The molecule has 2 aromatic rings. The van der Waals surface area contributed by atoms with Crippen molar-refractivity contribution >= 4 is 11.7 Å². The molecule has 11 heteroatoms. The van der Waals surface area contributed by atoms with Gasteiger partial charge in [-0.15, -0.1) is 0 Å². The van der Waals surface area contributed by atoms with Gasteiger partial charge in [-0.3, -0.25) is 14.9 Å². The fourth-order valence-electron chi connectivity index (χ4n) is 11.3. The Morgan fingerprint density at radius 2 is 1.72 bits per heavy atom. The molecule has 1 spiro atoms. The number of carbonyl (C=O) groups excluding carboxylic acids is 2. The molecule has 3 aliphatic heterocycles. The zero-order valence-corrected chi connectivity index (χ0v) is 38.3. The van der Waals surface area contributed by atoms with Crippen LogP contribution >= 0.6 is 0 Å². The first-order valence-corrected chi connectivity index (χ1v) is 23.5. The Hall–Kier alpha value is -4.48. The lowest BCUT2D eigenvalue weighted by atomic mass is 9.52. The van der Waals surface area contributed by atoms with Crippen LogP contribution in [0.15, 0.2) is 101 Å². The number of ether oxygens (including phenoxy) is 1. The molecule has 2 aromatic carbocycles. The average Bonchev–Trinajstić information content (AvgIpc) is 3.62. The van der Waals surface area contributed by atoms with Crippen LogP contribution in [0.3, 0.4) is 0 Å². The number of benzene rings is 2. The number of rotatable bonds is 1. The molecule has 5 aliphatic rings. The van der Waals surface area contributed by atoms with Crippen molar-refractivity contribution in [1.82, 2.24) is 10.6 Å². The number of aryl methyl sites for hydroxylation is 1. The Balaban J connectivity index is 1.28.